The molecule has 1 N–H and O–H groups in total. The summed E-state index contributed by atoms with van der Waals surface area (Å²) in [4.78, 5) is 28.6. The second-order valence-corrected chi connectivity index (χ2v) is 5.60. The van der Waals surface area contributed by atoms with E-state index >= 15 is 0 Å². The van der Waals surface area contributed by atoms with Crippen LogP contribution in [-0.4, -0.2) is 49.0 Å². The first-order chi connectivity index (χ1) is 11.5. The number of amides is 1. The van der Waals surface area contributed by atoms with Crippen LogP contribution in [0.15, 0.2) is 36.4 Å². The first-order valence-electron chi connectivity index (χ1n) is 7.56. The van der Waals surface area contributed by atoms with Crippen molar-refractivity contribution in [1.29, 1.82) is 0 Å². The maximum atomic E-state index is 11.9. The fourth-order valence-corrected chi connectivity index (χ4v) is 1.84. The van der Waals surface area contributed by atoms with E-state index in [1.165, 1.54) is 6.08 Å². The number of carbonyl (C=O) groups is 1. The normalized spacial score (nSPS) is 10.7. The fraction of sp³-hybridized carbons (Fsp3) is 0.294. The molecule has 0 saturated carbocycles. The van der Waals surface area contributed by atoms with Crippen LogP contribution >= 0.6 is 0 Å². The maximum absolute atomic E-state index is 11.9. The summed E-state index contributed by atoms with van der Waals surface area (Å²) < 4.78 is 0. The quantitative estimate of drug-likeness (QED) is 0.808. The van der Waals surface area contributed by atoms with Gasteiger partial charge in [0, 0.05) is 34.3 Å². The zero-order chi connectivity index (χ0) is 17.5. The van der Waals surface area contributed by atoms with Crippen molar-refractivity contribution in [3.63, 3.8) is 0 Å². The number of benzene rings is 1. The van der Waals surface area contributed by atoms with Crippen molar-refractivity contribution >= 4 is 23.9 Å². The zero-order valence-electron chi connectivity index (χ0n) is 14.4. The van der Waals surface area contributed by atoms with Crippen LogP contribution in [0.4, 0.5) is 11.9 Å². The second kappa shape index (κ2) is 8.05. The standard InChI is InChI=1S/C17H22N6O/c1-22(2)16-19-14(20-17(21-16)23(3)4)12-18-15(24)11-10-13-8-6-5-7-9-13/h5-11H,12H2,1-4H3,(H,18,24)/b11-10+. The van der Waals surface area contributed by atoms with E-state index in [-0.39, 0.29) is 12.5 Å². The minimum atomic E-state index is -0.197. The predicted octanol–water partition coefficient (Wildman–Crippen LogP) is 1.33. The molecule has 1 heterocycles. The molecule has 0 radical (unpaired) electrons. The van der Waals surface area contributed by atoms with Crippen LogP contribution in [0.3, 0.4) is 0 Å². The van der Waals surface area contributed by atoms with Crippen molar-refractivity contribution in [3.8, 4) is 0 Å². The molecule has 1 amide bonds. The van der Waals surface area contributed by atoms with Gasteiger partial charge in [-0.1, -0.05) is 30.3 Å². The Morgan fingerprint density at radius 3 is 2.12 bits per heavy atom. The van der Waals surface area contributed by atoms with Gasteiger partial charge >= 0.3 is 0 Å². The molecule has 0 saturated heterocycles. The average molecular weight is 326 g/mol. The molecule has 2 aromatic rings. The summed E-state index contributed by atoms with van der Waals surface area (Å²) in [5, 5.41) is 2.79. The Labute approximate surface area is 142 Å². The zero-order valence-corrected chi connectivity index (χ0v) is 14.4. The summed E-state index contributed by atoms with van der Waals surface area (Å²) in [7, 11) is 7.44. The molecule has 7 nitrogen and oxygen atoms in total. The molecule has 0 unspecified atom stereocenters. The lowest BCUT2D eigenvalue weighted by Crippen LogP contribution is -2.25. The van der Waals surface area contributed by atoms with Gasteiger partial charge in [-0.2, -0.15) is 15.0 Å². The predicted molar refractivity (Wildman–Crippen MR) is 95.8 cm³/mol. The number of hydrogen-bond acceptors (Lipinski definition) is 6. The third-order valence-electron chi connectivity index (χ3n) is 3.11. The highest BCUT2D eigenvalue weighted by Crippen LogP contribution is 2.10. The van der Waals surface area contributed by atoms with Gasteiger partial charge in [0.05, 0.1) is 6.54 Å². The number of anilines is 2. The third-order valence-corrected chi connectivity index (χ3v) is 3.11. The highest BCUT2D eigenvalue weighted by molar-refractivity contribution is 5.91. The molecule has 0 spiro atoms. The number of rotatable bonds is 6. The van der Waals surface area contributed by atoms with Crippen molar-refractivity contribution in [2.24, 2.45) is 0 Å². The van der Waals surface area contributed by atoms with Crippen LogP contribution in [0.5, 0.6) is 0 Å². The number of aromatic nitrogens is 3. The molecule has 0 bridgehead atoms. The fourth-order valence-electron chi connectivity index (χ4n) is 1.84. The van der Waals surface area contributed by atoms with Crippen LogP contribution in [0, 0.1) is 0 Å². The molecule has 0 aliphatic carbocycles. The molecule has 126 valence electrons. The van der Waals surface area contributed by atoms with Crippen LogP contribution < -0.4 is 15.1 Å². The summed E-state index contributed by atoms with van der Waals surface area (Å²) in [5.41, 5.74) is 0.970. The number of carbonyl (C=O) groups excluding carboxylic acids is 1. The van der Waals surface area contributed by atoms with Crippen LogP contribution in [0.25, 0.3) is 6.08 Å². The number of hydrogen-bond donors (Lipinski definition) is 1. The van der Waals surface area contributed by atoms with E-state index in [0.29, 0.717) is 17.7 Å². The lowest BCUT2D eigenvalue weighted by atomic mass is 10.2. The van der Waals surface area contributed by atoms with E-state index in [1.807, 2.05) is 58.5 Å². The molecule has 7 heteroatoms. The van der Waals surface area contributed by atoms with Gasteiger partial charge in [0.15, 0.2) is 5.82 Å². The third kappa shape index (κ3) is 5.05. The van der Waals surface area contributed by atoms with Gasteiger partial charge in [-0.15, -0.1) is 0 Å². The van der Waals surface area contributed by atoms with E-state index < -0.39 is 0 Å². The number of nitrogens with zero attached hydrogens (tertiary/aromatic N) is 5. The monoisotopic (exact) mass is 326 g/mol. The Morgan fingerprint density at radius 2 is 1.58 bits per heavy atom. The summed E-state index contributed by atoms with van der Waals surface area (Å²) in [6.07, 6.45) is 3.26. The lowest BCUT2D eigenvalue weighted by molar-refractivity contribution is -0.116. The minimum Gasteiger partial charge on any atom is -0.347 e. The maximum Gasteiger partial charge on any atom is 0.244 e. The first kappa shape index (κ1) is 17.4. The summed E-state index contributed by atoms with van der Waals surface area (Å²) in [6.45, 7) is 0.238. The Kier molecular flexibility index (Phi) is 5.83. The van der Waals surface area contributed by atoms with Gasteiger partial charge in [0.25, 0.3) is 0 Å². The molecule has 2 rings (SSSR count). The Bertz CT molecular complexity index is 686. The van der Waals surface area contributed by atoms with Crippen molar-refractivity contribution in [1.82, 2.24) is 20.3 Å². The summed E-state index contributed by atoms with van der Waals surface area (Å²) >= 11 is 0. The molecular formula is C17H22N6O. The molecule has 1 aromatic carbocycles. The molecule has 0 aliphatic rings. The van der Waals surface area contributed by atoms with Gasteiger partial charge < -0.3 is 15.1 Å². The topological polar surface area (TPSA) is 74.2 Å². The Hall–Kier alpha value is -2.96. The highest BCUT2D eigenvalue weighted by atomic mass is 16.1. The lowest BCUT2D eigenvalue weighted by Gasteiger charge is -2.16. The Morgan fingerprint density at radius 1 is 1.00 bits per heavy atom. The Balaban J connectivity index is 2.03. The summed E-state index contributed by atoms with van der Waals surface area (Å²) in [6, 6.07) is 9.65. The average Bonchev–Trinajstić information content (AvgIpc) is 2.58. The van der Waals surface area contributed by atoms with E-state index in [1.54, 1.807) is 15.9 Å². The molecule has 24 heavy (non-hydrogen) atoms. The van der Waals surface area contributed by atoms with Crippen molar-refractivity contribution in [2.75, 3.05) is 38.0 Å². The van der Waals surface area contributed by atoms with Gasteiger partial charge in [-0.3, -0.25) is 4.79 Å². The first-order valence-corrected chi connectivity index (χ1v) is 7.56. The largest absolute Gasteiger partial charge is 0.347 e. The van der Waals surface area contributed by atoms with Crippen LogP contribution in [-0.2, 0) is 11.3 Å². The molecule has 0 atom stereocenters. The second-order valence-electron chi connectivity index (χ2n) is 5.60. The smallest absolute Gasteiger partial charge is 0.244 e. The SMILES string of the molecule is CN(C)c1nc(CNC(=O)/C=C/c2ccccc2)nc(N(C)C)n1. The van der Waals surface area contributed by atoms with E-state index in [9.17, 15) is 4.79 Å². The molecular weight excluding hydrogens is 304 g/mol. The van der Waals surface area contributed by atoms with E-state index in [2.05, 4.69) is 20.3 Å². The van der Waals surface area contributed by atoms with Gasteiger partial charge in [-0.05, 0) is 11.6 Å². The summed E-state index contributed by atoms with van der Waals surface area (Å²) in [5.74, 6) is 1.42. The molecule has 1 aromatic heterocycles. The van der Waals surface area contributed by atoms with Crippen molar-refractivity contribution in [2.45, 2.75) is 6.54 Å². The van der Waals surface area contributed by atoms with E-state index in [0.717, 1.165) is 5.56 Å². The van der Waals surface area contributed by atoms with Gasteiger partial charge in [0.2, 0.25) is 17.8 Å². The van der Waals surface area contributed by atoms with Crippen LogP contribution in [0.2, 0.25) is 0 Å². The van der Waals surface area contributed by atoms with Gasteiger partial charge in [0.1, 0.15) is 0 Å². The van der Waals surface area contributed by atoms with Gasteiger partial charge in [-0.25, -0.2) is 0 Å². The van der Waals surface area contributed by atoms with Crippen LogP contribution in [0.1, 0.15) is 11.4 Å². The van der Waals surface area contributed by atoms with Crippen molar-refractivity contribution < 1.29 is 4.79 Å². The number of nitrogens with one attached hydrogen (secondary N) is 1. The molecule has 0 fully saturated rings. The van der Waals surface area contributed by atoms with E-state index in [4.69, 9.17) is 0 Å². The highest BCUT2D eigenvalue weighted by Gasteiger charge is 2.10. The minimum absolute atomic E-state index is 0.197. The molecule has 0 aliphatic heterocycles. The van der Waals surface area contributed by atoms with Crippen molar-refractivity contribution in [3.05, 3.63) is 47.8 Å².